The van der Waals surface area contributed by atoms with Gasteiger partial charge in [0.05, 0.1) is 18.9 Å². The first-order valence-electron chi connectivity index (χ1n) is 8.19. The van der Waals surface area contributed by atoms with Crippen LogP contribution in [0.15, 0.2) is 18.5 Å². The van der Waals surface area contributed by atoms with Crippen LogP contribution in [0, 0.1) is 0 Å². The molecule has 0 bridgehead atoms. The molecule has 9 nitrogen and oxygen atoms in total. The topological polar surface area (TPSA) is 103 Å². The van der Waals surface area contributed by atoms with Crippen LogP contribution in [0.4, 0.5) is 11.9 Å². The molecule has 0 unspecified atom stereocenters. The molecular formula is C16H23N7O2. The molecule has 0 radical (unpaired) electrons. The summed E-state index contributed by atoms with van der Waals surface area (Å²) in [5.41, 5.74) is 7.04. The maximum atomic E-state index is 5.82. The Labute approximate surface area is 146 Å². The first-order valence-corrected chi connectivity index (χ1v) is 8.19. The molecule has 134 valence electrons. The van der Waals surface area contributed by atoms with Gasteiger partial charge in [0.2, 0.25) is 17.8 Å². The highest BCUT2D eigenvalue weighted by atomic mass is 16.5. The summed E-state index contributed by atoms with van der Waals surface area (Å²) in [6.07, 6.45) is 3.30. The van der Waals surface area contributed by atoms with Crippen molar-refractivity contribution in [1.29, 1.82) is 0 Å². The van der Waals surface area contributed by atoms with Gasteiger partial charge in [0.25, 0.3) is 0 Å². The third kappa shape index (κ3) is 4.74. The van der Waals surface area contributed by atoms with Gasteiger partial charge in [-0.2, -0.15) is 4.98 Å². The number of nitrogens with two attached hydrogens (primary N) is 1. The molecular weight excluding hydrogens is 322 g/mol. The van der Waals surface area contributed by atoms with Crippen LogP contribution in [0.5, 0.6) is 5.88 Å². The minimum atomic E-state index is 0.230. The Hall–Kier alpha value is -2.52. The van der Waals surface area contributed by atoms with Crippen LogP contribution < -0.4 is 15.4 Å². The lowest BCUT2D eigenvalue weighted by Crippen LogP contribution is -2.37. The number of nitrogens with zero attached hydrogens (tertiary/aromatic N) is 6. The Balaban J connectivity index is 1.88. The second-order valence-corrected chi connectivity index (χ2v) is 5.97. The van der Waals surface area contributed by atoms with Crippen molar-refractivity contribution in [2.45, 2.75) is 0 Å². The standard InChI is InChI=1S/C16H23N7O2/c1-22(2)3-8-25-14-9-13(12-10-18-15(17)19-11-12)20-16(21-14)23-4-6-24-7-5-23/h9-11H,3-8H2,1-2H3,(H2,17,18,19). The van der Waals surface area contributed by atoms with Crippen molar-refractivity contribution in [2.24, 2.45) is 0 Å². The van der Waals surface area contributed by atoms with Crippen LogP contribution in [0.25, 0.3) is 11.3 Å². The number of hydrogen-bond donors (Lipinski definition) is 1. The summed E-state index contributed by atoms with van der Waals surface area (Å²) in [4.78, 5) is 21.4. The molecule has 2 aromatic rings. The molecule has 2 aromatic heterocycles. The van der Waals surface area contributed by atoms with E-state index >= 15 is 0 Å². The number of likely N-dealkylation sites (N-methyl/N-ethyl adjacent to an activating group) is 1. The molecule has 0 spiro atoms. The van der Waals surface area contributed by atoms with Gasteiger partial charge in [0, 0.05) is 43.7 Å². The zero-order chi connectivity index (χ0) is 17.6. The predicted molar refractivity (Wildman–Crippen MR) is 94.6 cm³/mol. The van der Waals surface area contributed by atoms with Gasteiger partial charge in [-0.15, -0.1) is 0 Å². The van der Waals surface area contributed by atoms with E-state index < -0.39 is 0 Å². The largest absolute Gasteiger partial charge is 0.476 e. The van der Waals surface area contributed by atoms with E-state index in [1.54, 1.807) is 18.5 Å². The maximum Gasteiger partial charge on any atom is 0.229 e. The zero-order valence-electron chi connectivity index (χ0n) is 14.6. The first kappa shape index (κ1) is 17.3. The average Bonchev–Trinajstić information content (AvgIpc) is 2.62. The maximum absolute atomic E-state index is 5.82. The van der Waals surface area contributed by atoms with Gasteiger partial charge in [-0.05, 0) is 14.1 Å². The van der Waals surface area contributed by atoms with Crippen LogP contribution in [0.2, 0.25) is 0 Å². The third-order valence-corrected chi connectivity index (χ3v) is 3.74. The molecule has 0 saturated carbocycles. The summed E-state index contributed by atoms with van der Waals surface area (Å²) in [6.45, 7) is 4.17. The first-order chi connectivity index (χ1) is 12.1. The minimum Gasteiger partial charge on any atom is -0.476 e. The van der Waals surface area contributed by atoms with E-state index in [1.165, 1.54) is 0 Å². The van der Waals surface area contributed by atoms with Crippen molar-refractivity contribution in [3.63, 3.8) is 0 Å². The third-order valence-electron chi connectivity index (χ3n) is 3.74. The molecule has 1 saturated heterocycles. The van der Waals surface area contributed by atoms with Gasteiger partial charge < -0.3 is 25.0 Å². The molecule has 1 fully saturated rings. The molecule has 0 aliphatic carbocycles. The van der Waals surface area contributed by atoms with E-state index in [1.807, 2.05) is 14.1 Å². The molecule has 9 heteroatoms. The second kappa shape index (κ2) is 8.04. The van der Waals surface area contributed by atoms with E-state index in [0.717, 1.165) is 25.2 Å². The fourth-order valence-electron chi connectivity index (χ4n) is 2.34. The van der Waals surface area contributed by atoms with Crippen molar-refractivity contribution >= 4 is 11.9 Å². The Morgan fingerprint density at radius 1 is 1.20 bits per heavy atom. The molecule has 3 rings (SSSR count). The van der Waals surface area contributed by atoms with Gasteiger partial charge in [0.15, 0.2) is 0 Å². The monoisotopic (exact) mass is 345 g/mol. The Morgan fingerprint density at radius 2 is 1.92 bits per heavy atom. The number of morpholine rings is 1. The molecule has 0 aromatic carbocycles. The average molecular weight is 345 g/mol. The molecule has 0 atom stereocenters. The van der Waals surface area contributed by atoms with Crippen LogP contribution in [-0.2, 0) is 4.74 Å². The van der Waals surface area contributed by atoms with E-state index in [9.17, 15) is 0 Å². The highest BCUT2D eigenvalue weighted by Gasteiger charge is 2.17. The summed E-state index contributed by atoms with van der Waals surface area (Å²) < 4.78 is 11.2. The Kier molecular flexibility index (Phi) is 5.56. The van der Waals surface area contributed by atoms with Gasteiger partial charge >= 0.3 is 0 Å². The van der Waals surface area contributed by atoms with Crippen LogP contribution in [-0.4, -0.2) is 78.4 Å². The van der Waals surface area contributed by atoms with E-state index in [4.69, 9.17) is 15.2 Å². The fraction of sp³-hybridized carbons (Fsp3) is 0.500. The Bertz CT molecular complexity index is 687. The lowest BCUT2D eigenvalue weighted by Gasteiger charge is -2.27. The number of anilines is 2. The summed E-state index contributed by atoms with van der Waals surface area (Å²) in [6, 6.07) is 1.80. The molecule has 25 heavy (non-hydrogen) atoms. The number of hydrogen-bond acceptors (Lipinski definition) is 9. The molecule has 1 aliphatic rings. The summed E-state index contributed by atoms with van der Waals surface area (Å²) in [5, 5.41) is 0. The lowest BCUT2D eigenvalue weighted by molar-refractivity contribution is 0.122. The van der Waals surface area contributed by atoms with E-state index in [-0.39, 0.29) is 5.95 Å². The van der Waals surface area contributed by atoms with Gasteiger partial charge in [-0.25, -0.2) is 15.0 Å². The smallest absolute Gasteiger partial charge is 0.229 e. The number of ether oxygens (including phenoxy) is 2. The number of nitrogen functional groups attached to an aromatic ring is 1. The fourth-order valence-corrected chi connectivity index (χ4v) is 2.34. The summed E-state index contributed by atoms with van der Waals surface area (Å²) >= 11 is 0. The summed E-state index contributed by atoms with van der Waals surface area (Å²) in [5.74, 6) is 1.39. The number of aromatic nitrogens is 4. The van der Waals surface area contributed by atoms with Gasteiger partial charge in [-0.3, -0.25) is 0 Å². The lowest BCUT2D eigenvalue weighted by atomic mass is 10.2. The predicted octanol–water partition coefficient (Wildman–Crippen LogP) is 0.293. The number of rotatable bonds is 6. The molecule has 3 heterocycles. The highest BCUT2D eigenvalue weighted by molar-refractivity contribution is 5.60. The van der Waals surface area contributed by atoms with Crippen molar-refractivity contribution in [3.8, 4) is 17.1 Å². The molecule has 0 amide bonds. The minimum absolute atomic E-state index is 0.230. The van der Waals surface area contributed by atoms with Gasteiger partial charge in [0.1, 0.15) is 6.61 Å². The second-order valence-electron chi connectivity index (χ2n) is 5.97. The van der Waals surface area contributed by atoms with E-state index in [0.29, 0.717) is 37.3 Å². The van der Waals surface area contributed by atoms with Crippen LogP contribution >= 0.6 is 0 Å². The van der Waals surface area contributed by atoms with Crippen molar-refractivity contribution < 1.29 is 9.47 Å². The van der Waals surface area contributed by atoms with Crippen LogP contribution in [0.1, 0.15) is 0 Å². The molecule has 2 N–H and O–H groups in total. The highest BCUT2D eigenvalue weighted by Crippen LogP contribution is 2.24. The van der Waals surface area contributed by atoms with Crippen LogP contribution in [0.3, 0.4) is 0 Å². The normalized spacial score (nSPS) is 14.8. The van der Waals surface area contributed by atoms with Crippen molar-refractivity contribution in [3.05, 3.63) is 18.5 Å². The quantitative estimate of drug-likeness (QED) is 0.791. The van der Waals surface area contributed by atoms with Gasteiger partial charge in [-0.1, -0.05) is 0 Å². The summed E-state index contributed by atoms with van der Waals surface area (Å²) in [7, 11) is 4.00. The van der Waals surface area contributed by atoms with Crippen molar-refractivity contribution in [2.75, 3.05) is 64.2 Å². The SMILES string of the molecule is CN(C)CCOc1cc(-c2cnc(N)nc2)nc(N2CCOCC2)n1. The van der Waals surface area contributed by atoms with E-state index in [2.05, 4.69) is 29.7 Å². The zero-order valence-corrected chi connectivity index (χ0v) is 14.6. The molecule has 1 aliphatic heterocycles. The van der Waals surface area contributed by atoms with Crippen molar-refractivity contribution in [1.82, 2.24) is 24.8 Å². The Morgan fingerprint density at radius 3 is 2.60 bits per heavy atom.